The van der Waals surface area contributed by atoms with Crippen LogP contribution in [0.3, 0.4) is 0 Å². The van der Waals surface area contributed by atoms with Crippen molar-refractivity contribution in [3.05, 3.63) is 39.4 Å². The van der Waals surface area contributed by atoms with Gasteiger partial charge in [-0.25, -0.2) is 4.79 Å². The Bertz CT molecular complexity index is 593. The summed E-state index contributed by atoms with van der Waals surface area (Å²) >= 11 is 0. The summed E-state index contributed by atoms with van der Waals surface area (Å²) in [5.74, 6) is 0.0173. The molecule has 7 nitrogen and oxygen atoms in total. The molecule has 1 saturated heterocycles. The first kappa shape index (κ1) is 13.9. The Morgan fingerprint density at radius 3 is 2.65 bits per heavy atom. The number of nitrogens with zero attached hydrogens (tertiary/aromatic N) is 1. The van der Waals surface area contributed by atoms with Crippen LogP contribution in [0.15, 0.2) is 23.8 Å². The largest absolute Gasteiger partial charge is 0.497 e. The number of carbonyl (C=O) groups is 1. The van der Waals surface area contributed by atoms with Crippen LogP contribution in [0.2, 0.25) is 0 Å². The van der Waals surface area contributed by atoms with Crippen LogP contribution in [0.4, 0.5) is 5.69 Å². The van der Waals surface area contributed by atoms with E-state index in [4.69, 9.17) is 14.2 Å². The summed E-state index contributed by atoms with van der Waals surface area (Å²) in [7, 11) is 2.78. The lowest BCUT2D eigenvalue weighted by Gasteiger charge is -2.10. The number of hydrogen-bond acceptors (Lipinski definition) is 6. The molecular formula is C13H13NO6. The Hall–Kier alpha value is -2.57. The summed E-state index contributed by atoms with van der Waals surface area (Å²) in [5, 5.41) is 11.2. The van der Waals surface area contributed by atoms with Crippen LogP contribution in [0.1, 0.15) is 12.0 Å². The molecule has 0 N–H and O–H groups in total. The van der Waals surface area contributed by atoms with Gasteiger partial charge in [0.25, 0.3) is 5.69 Å². The molecule has 1 aliphatic rings. The highest BCUT2D eigenvalue weighted by molar-refractivity contribution is 5.98. The molecular weight excluding hydrogens is 266 g/mol. The third-order valence-corrected chi connectivity index (χ3v) is 2.96. The Kier molecular flexibility index (Phi) is 3.88. The molecule has 0 aromatic heterocycles. The predicted octanol–water partition coefficient (Wildman–Crippen LogP) is 1.91. The van der Waals surface area contributed by atoms with E-state index in [0.717, 1.165) is 0 Å². The maximum absolute atomic E-state index is 11.6. The highest BCUT2D eigenvalue weighted by atomic mass is 16.6. The molecule has 0 aliphatic carbocycles. The van der Waals surface area contributed by atoms with E-state index in [1.54, 1.807) is 6.07 Å². The number of nitro benzene ring substituents is 1. The zero-order chi connectivity index (χ0) is 14.7. The van der Waals surface area contributed by atoms with Crippen molar-refractivity contribution in [1.29, 1.82) is 0 Å². The molecule has 0 unspecified atom stereocenters. The van der Waals surface area contributed by atoms with Crippen molar-refractivity contribution in [2.45, 2.75) is 6.42 Å². The summed E-state index contributed by atoms with van der Waals surface area (Å²) in [6.07, 6.45) is 0.366. The molecule has 0 radical (unpaired) electrons. The number of cyclic esters (lactones) is 1. The fraction of sp³-hybridized carbons (Fsp3) is 0.308. The Balaban J connectivity index is 2.61. The van der Waals surface area contributed by atoms with Crippen LogP contribution in [-0.2, 0) is 14.3 Å². The molecule has 7 heteroatoms. The molecule has 2 rings (SSSR count). The van der Waals surface area contributed by atoms with E-state index in [0.29, 0.717) is 17.7 Å². The number of esters is 1. The summed E-state index contributed by atoms with van der Waals surface area (Å²) in [5.41, 5.74) is 0.348. The number of rotatable bonds is 4. The van der Waals surface area contributed by atoms with Crippen LogP contribution in [-0.4, -0.2) is 31.7 Å². The number of benzene rings is 1. The Morgan fingerprint density at radius 2 is 2.15 bits per heavy atom. The predicted molar refractivity (Wildman–Crippen MR) is 69.2 cm³/mol. The first-order valence-corrected chi connectivity index (χ1v) is 5.85. The first-order valence-electron chi connectivity index (χ1n) is 5.85. The number of hydrogen-bond donors (Lipinski definition) is 0. The van der Waals surface area contributed by atoms with Crippen molar-refractivity contribution in [1.82, 2.24) is 0 Å². The zero-order valence-electron chi connectivity index (χ0n) is 11.0. The summed E-state index contributed by atoms with van der Waals surface area (Å²) in [6.45, 7) is 0.255. The second-order valence-electron chi connectivity index (χ2n) is 4.04. The van der Waals surface area contributed by atoms with Crippen LogP contribution >= 0.6 is 0 Å². The maximum atomic E-state index is 11.6. The molecule has 1 heterocycles. The third-order valence-electron chi connectivity index (χ3n) is 2.96. The molecule has 0 spiro atoms. The minimum atomic E-state index is -0.544. The topological polar surface area (TPSA) is 87.9 Å². The minimum Gasteiger partial charge on any atom is -0.497 e. The summed E-state index contributed by atoms with van der Waals surface area (Å²) < 4.78 is 15.0. The standard InChI is InChI=1S/C13H13NO6/c1-18-8-3-4-9(11(7-8)14(16)17)12(19-2)10-5-6-20-13(10)15/h3-4,7H,5-6H2,1-2H3/b12-10+. The van der Waals surface area contributed by atoms with Crippen molar-refractivity contribution < 1.29 is 23.9 Å². The zero-order valence-corrected chi connectivity index (χ0v) is 11.0. The van der Waals surface area contributed by atoms with Gasteiger partial charge < -0.3 is 14.2 Å². The SMILES string of the molecule is CO/C(=C1\CCOC1=O)c1ccc(OC)cc1[N+](=O)[O-]. The molecule has 0 atom stereocenters. The highest BCUT2D eigenvalue weighted by Gasteiger charge is 2.29. The van der Waals surface area contributed by atoms with Crippen molar-refractivity contribution in [2.24, 2.45) is 0 Å². The molecule has 1 fully saturated rings. The molecule has 1 aromatic rings. The normalized spacial score (nSPS) is 16.6. The lowest BCUT2D eigenvalue weighted by Crippen LogP contribution is -2.04. The summed E-state index contributed by atoms with van der Waals surface area (Å²) in [4.78, 5) is 22.2. The number of nitro groups is 1. The second-order valence-corrected chi connectivity index (χ2v) is 4.04. The van der Waals surface area contributed by atoms with E-state index in [2.05, 4.69) is 0 Å². The van der Waals surface area contributed by atoms with Crippen LogP contribution < -0.4 is 4.74 Å². The van der Waals surface area contributed by atoms with Crippen molar-refractivity contribution in [3.8, 4) is 5.75 Å². The lowest BCUT2D eigenvalue weighted by molar-refractivity contribution is -0.385. The third kappa shape index (κ3) is 2.42. The average molecular weight is 279 g/mol. The molecule has 20 heavy (non-hydrogen) atoms. The van der Waals surface area contributed by atoms with Crippen LogP contribution in [0.25, 0.3) is 5.76 Å². The van der Waals surface area contributed by atoms with E-state index in [1.165, 1.54) is 26.4 Å². The second kappa shape index (κ2) is 5.60. The Morgan fingerprint density at radius 1 is 1.40 bits per heavy atom. The molecule has 0 saturated carbocycles. The van der Waals surface area contributed by atoms with Gasteiger partial charge in [0.2, 0.25) is 0 Å². The van der Waals surface area contributed by atoms with Crippen molar-refractivity contribution in [3.63, 3.8) is 0 Å². The quantitative estimate of drug-likeness (QED) is 0.275. The van der Waals surface area contributed by atoms with E-state index in [9.17, 15) is 14.9 Å². The van der Waals surface area contributed by atoms with Gasteiger partial charge in [-0.2, -0.15) is 0 Å². The average Bonchev–Trinajstić information content (AvgIpc) is 2.86. The van der Waals surface area contributed by atoms with Crippen molar-refractivity contribution in [2.75, 3.05) is 20.8 Å². The van der Waals surface area contributed by atoms with Gasteiger partial charge in [0, 0.05) is 6.42 Å². The van der Waals surface area contributed by atoms with E-state index in [-0.39, 0.29) is 23.6 Å². The molecule has 1 aliphatic heterocycles. The van der Waals surface area contributed by atoms with E-state index in [1.807, 2.05) is 0 Å². The van der Waals surface area contributed by atoms with Gasteiger partial charge in [-0.05, 0) is 12.1 Å². The Labute approximate surface area is 114 Å². The molecule has 0 bridgehead atoms. The van der Waals surface area contributed by atoms with Gasteiger partial charge in [0.1, 0.15) is 11.5 Å². The summed E-state index contributed by atoms with van der Waals surface area (Å²) in [6, 6.07) is 4.35. The minimum absolute atomic E-state index is 0.168. The highest BCUT2D eigenvalue weighted by Crippen LogP contribution is 2.34. The number of ether oxygens (including phenoxy) is 3. The van der Waals surface area contributed by atoms with Crippen LogP contribution in [0.5, 0.6) is 5.75 Å². The van der Waals surface area contributed by atoms with Gasteiger partial charge in [0.05, 0.1) is 43.0 Å². The molecule has 106 valence electrons. The smallest absolute Gasteiger partial charge is 0.337 e. The van der Waals surface area contributed by atoms with E-state index >= 15 is 0 Å². The number of methoxy groups -OCH3 is 2. The maximum Gasteiger partial charge on any atom is 0.337 e. The first-order chi connectivity index (χ1) is 9.58. The lowest BCUT2D eigenvalue weighted by atomic mass is 10.0. The van der Waals surface area contributed by atoms with E-state index < -0.39 is 10.9 Å². The van der Waals surface area contributed by atoms with Gasteiger partial charge in [-0.15, -0.1) is 0 Å². The van der Waals surface area contributed by atoms with Gasteiger partial charge in [-0.1, -0.05) is 0 Å². The van der Waals surface area contributed by atoms with Crippen molar-refractivity contribution >= 4 is 17.4 Å². The molecule has 0 amide bonds. The molecule has 1 aromatic carbocycles. The monoisotopic (exact) mass is 279 g/mol. The number of carbonyl (C=O) groups excluding carboxylic acids is 1. The van der Waals surface area contributed by atoms with Crippen LogP contribution in [0, 0.1) is 10.1 Å². The fourth-order valence-electron chi connectivity index (χ4n) is 2.02. The fourth-order valence-corrected chi connectivity index (χ4v) is 2.02. The van der Waals surface area contributed by atoms with Gasteiger partial charge in [0.15, 0.2) is 0 Å². The van der Waals surface area contributed by atoms with Gasteiger partial charge in [-0.3, -0.25) is 10.1 Å². The van der Waals surface area contributed by atoms with Gasteiger partial charge >= 0.3 is 5.97 Å².